The zero-order valence-electron chi connectivity index (χ0n) is 18.1. The zero-order chi connectivity index (χ0) is 21.9. The summed E-state index contributed by atoms with van der Waals surface area (Å²) in [6, 6.07) is 5.82. The molecule has 30 heavy (non-hydrogen) atoms. The number of hydrogen-bond acceptors (Lipinski definition) is 6. The molecule has 9 heteroatoms. The van der Waals surface area contributed by atoms with Gasteiger partial charge in [0.25, 0.3) is 0 Å². The van der Waals surface area contributed by atoms with Crippen LogP contribution in [0, 0.1) is 5.41 Å². The first-order chi connectivity index (χ1) is 14.1. The van der Waals surface area contributed by atoms with Gasteiger partial charge in [-0.05, 0) is 43.4 Å². The highest BCUT2D eigenvalue weighted by atomic mass is 32.2. The molecule has 1 amide bonds. The molecule has 0 bridgehead atoms. The average Bonchev–Trinajstić information content (AvgIpc) is 3.33. The summed E-state index contributed by atoms with van der Waals surface area (Å²) in [4.78, 5) is 13.8. The van der Waals surface area contributed by atoms with Crippen LogP contribution in [0.25, 0.3) is 0 Å². The highest BCUT2D eigenvalue weighted by Crippen LogP contribution is 2.45. The maximum Gasteiger partial charge on any atom is 0.409 e. The Morgan fingerprint density at radius 1 is 1.23 bits per heavy atom. The van der Waals surface area contributed by atoms with Crippen LogP contribution in [-0.4, -0.2) is 65.6 Å². The minimum absolute atomic E-state index is 0.0947. The Hall–Kier alpha value is -2.00. The number of ether oxygens (including phenoxy) is 3. The van der Waals surface area contributed by atoms with Crippen LogP contribution in [0.15, 0.2) is 18.2 Å². The summed E-state index contributed by atoms with van der Waals surface area (Å²) in [7, 11) is -0.396. The van der Waals surface area contributed by atoms with Crippen molar-refractivity contribution >= 4 is 16.1 Å². The Balaban J connectivity index is 1.91. The van der Waals surface area contributed by atoms with Gasteiger partial charge in [-0.15, -0.1) is 0 Å². The number of nitrogens with one attached hydrogen (secondary N) is 1. The number of nitrogens with zero attached hydrogens (tertiary/aromatic N) is 1. The second kappa shape index (κ2) is 9.01. The lowest BCUT2D eigenvalue weighted by molar-refractivity contribution is 0.128. The standard InChI is InChI=1S/C21H32N2O6S/c1-21(13-22-30(4,25)26)14-23(20(24)28-3)12-17(21)15-9-10-18(27-2)19(11-15)29-16-7-5-6-8-16/h9-11,16-17,22H,5-8,12-14H2,1-4H3/t17?,21-/m1/s1. The molecule has 0 radical (unpaired) electrons. The first-order valence-corrected chi connectivity index (χ1v) is 12.2. The van der Waals surface area contributed by atoms with Crippen LogP contribution in [-0.2, 0) is 14.8 Å². The highest BCUT2D eigenvalue weighted by molar-refractivity contribution is 7.88. The number of hydrogen-bond donors (Lipinski definition) is 1. The summed E-state index contributed by atoms with van der Waals surface area (Å²) in [6.07, 6.45) is 5.30. The molecule has 1 aromatic rings. The predicted octanol–water partition coefficient (Wildman–Crippen LogP) is 2.74. The normalized spacial score (nSPS) is 24.8. The van der Waals surface area contributed by atoms with Crippen molar-refractivity contribution < 1.29 is 27.4 Å². The lowest BCUT2D eigenvalue weighted by atomic mass is 9.76. The Morgan fingerprint density at radius 2 is 1.93 bits per heavy atom. The first-order valence-electron chi connectivity index (χ1n) is 10.3. The first kappa shape index (κ1) is 22.7. The van der Waals surface area contributed by atoms with E-state index in [1.807, 2.05) is 25.1 Å². The van der Waals surface area contributed by atoms with Crippen LogP contribution < -0.4 is 14.2 Å². The predicted molar refractivity (Wildman–Crippen MR) is 114 cm³/mol. The van der Waals surface area contributed by atoms with Gasteiger partial charge in [0.2, 0.25) is 10.0 Å². The van der Waals surface area contributed by atoms with Crippen LogP contribution in [0.3, 0.4) is 0 Å². The number of benzene rings is 1. The molecule has 0 aromatic heterocycles. The Kier molecular flexibility index (Phi) is 6.81. The fourth-order valence-corrected chi connectivity index (χ4v) is 5.08. The third-order valence-corrected chi connectivity index (χ3v) is 6.82. The van der Waals surface area contributed by atoms with Crippen molar-refractivity contribution in [2.45, 2.75) is 44.6 Å². The summed E-state index contributed by atoms with van der Waals surface area (Å²) in [6.45, 7) is 3.02. The molecule has 1 aliphatic carbocycles. The fourth-order valence-electron chi connectivity index (χ4n) is 4.49. The molecular formula is C21H32N2O6S. The Bertz CT molecular complexity index is 868. The highest BCUT2D eigenvalue weighted by Gasteiger charge is 2.46. The largest absolute Gasteiger partial charge is 0.493 e. The smallest absolute Gasteiger partial charge is 0.409 e. The topological polar surface area (TPSA) is 94.2 Å². The van der Waals surface area contributed by atoms with E-state index in [1.165, 1.54) is 20.0 Å². The van der Waals surface area contributed by atoms with Crippen LogP contribution >= 0.6 is 0 Å². The Morgan fingerprint density at radius 3 is 2.53 bits per heavy atom. The maximum atomic E-state index is 12.2. The van der Waals surface area contributed by atoms with Gasteiger partial charge >= 0.3 is 6.09 Å². The monoisotopic (exact) mass is 440 g/mol. The molecule has 2 fully saturated rings. The third-order valence-electron chi connectivity index (χ3n) is 6.15. The average molecular weight is 441 g/mol. The van der Waals surface area contributed by atoms with Crippen molar-refractivity contribution in [1.82, 2.24) is 9.62 Å². The molecular weight excluding hydrogens is 408 g/mol. The van der Waals surface area contributed by atoms with Gasteiger partial charge < -0.3 is 19.1 Å². The molecule has 3 rings (SSSR count). The number of carbonyl (C=O) groups excluding carboxylic acids is 1. The molecule has 2 atom stereocenters. The fraction of sp³-hybridized carbons (Fsp3) is 0.667. The van der Waals surface area contributed by atoms with Crippen LogP contribution in [0.4, 0.5) is 4.79 Å². The van der Waals surface area contributed by atoms with E-state index in [4.69, 9.17) is 14.2 Å². The summed E-state index contributed by atoms with van der Waals surface area (Å²) >= 11 is 0. The summed E-state index contributed by atoms with van der Waals surface area (Å²) in [5.41, 5.74) is 0.476. The summed E-state index contributed by atoms with van der Waals surface area (Å²) in [5.74, 6) is 1.27. The van der Waals surface area contributed by atoms with E-state index in [-0.39, 0.29) is 18.6 Å². The summed E-state index contributed by atoms with van der Waals surface area (Å²) < 4.78 is 42.7. The molecule has 8 nitrogen and oxygen atoms in total. The number of carbonyl (C=O) groups is 1. The quantitative estimate of drug-likeness (QED) is 0.701. The van der Waals surface area contributed by atoms with Crippen molar-refractivity contribution in [3.05, 3.63) is 23.8 Å². The van der Waals surface area contributed by atoms with Gasteiger partial charge in [-0.2, -0.15) is 0 Å². The van der Waals surface area contributed by atoms with Crippen LogP contribution in [0.5, 0.6) is 11.5 Å². The van der Waals surface area contributed by atoms with Crippen molar-refractivity contribution in [1.29, 1.82) is 0 Å². The van der Waals surface area contributed by atoms with E-state index in [0.717, 1.165) is 24.7 Å². The second-order valence-electron chi connectivity index (χ2n) is 8.59. The van der Waals surface area contributed by atoms with Gasteiger partial charge in [0.1, 0.15) is 0 Å². The molecule has 1 saturated carbocycles. The SMILES string of the molecule is COC(=O)N1CC(c2ccc(OC)c(OC3CCCC3)c2)[C@](C)(CNS(C)(=O)=O)C1. The van der Waals surface area contributed by atoms with E-state index in [0.29, 0.717) is 24.6 Å². The molecule has 1 heterocycles. The van der Waals surface area contributed by atoms with E-state index in [2.05, 4.69) is 4.72 Å². The van der Waals surface area contributed by atoms with Gasteiger partial charge in [-0.1, -0.05) is 13.0 Å². The molecule has 1 unspecified atom stereocenters. The molecule has 1 aliphatic heterocycles. The van der Waals surface area contributed by atoms with Crippen molar-refractivity contribution in [2.24, 2.45) is 5.41 Å². The van der Waals surface area contributed by atoms with E-state index in [9.17, 15) is 13.2 Å². The van der Waals surface area contributed by atoms with Crippen molar-refractivity contribution in [3.8, 4) is 11.5 Å². The lowest BCUT2D eigenvalue weighted by Crippen LogP contribution is -2.40. The van der Waals surface area contributed by atoms with E-state index >= 15 is 0 Å². The van der Waals surface area contributed by atoms with Crippen molar-refractivity contribution in [2.75, 3.05) is 40.1 Å². The molecule has 0 spiro atoms. The minimum Gasteiger partial charge on any atom is -0.493 e. The summed E-state index contributed by atoms with van der Waals surface area (Å²) in [5, 5.41) is 0. The zero-order valence-corrected chi connectivity index (χ0v) is 19.0. The van der Waals surface area contributed by atoms with Crippen LogP contribution in [0.2, 0.25) is 0 Å². The number of amides is 1. The molecule has 1 N–H and O–H groups in total. The van der Waals surface area contributed by atoms with Gasteiger partial charge in [0, 0.05) is 31.0 Å². The van der Waals surface area contributed by atoms with Gasteiger partial charge in [0.05, 0.1) is 26.6 Å². The lowest BCUT2D eigenvalue weighted by Gasteiger charge is -2.31. The third kappa shape index (κ3) is 5.18. The molecule has 1 aromatic carbocycles. The number of rotatable bonds is 7. The number of methoxy groups -OCH3 is 2. The van der Waals surface area contributed by atoms with Gasteiger partial charge in [-0.25, -0.2) is 17.9 Å². The molecule has 168 valence electrons. The Labute approximate surface area is 178 Å². The van der Waals surface area contributed by atoms with E-state index in [1.54, 1.807) is 12.0 Å². The van der Waals surface area contributed by atoms with E-state index < -0.39 is 21.5 Å². The molecule has 2 aliphatic rings. The number of likely N-dealkylation sites (tertiary alicyclic amines) is 1. The van der Waals surface area contributed by atoms with Crippen molar-refractivity contribution in [3.63, 3.8) is 0 Å². The van der Waals surface area contributed by atoms with Gasteiger partial charge in [0.15, 0.2) is 11.5 Å². The van der Waals surface area contributed by atoms with Gasteiger partial charge in [-0.3, -0.25) is 0 Å². The minimum atomic E-state index is -3.36. The second-order valence-corrected chi connectivity index (χ2v) is 10.4. The number of sulfonamides is 1. The maximum absolute atomic E-state index is 12.2. The molecule has 1 saturated heterocycles. The van der Waals surface area contributed by atoms with Crippen LogP contribution in [0.1, 0.15) is 44.1 Å².